The van der Waals surface area contributed by atoms with E-state index < -0.39 is 9.84 Å². The van der Waals surface area contributed by atoms with Crippen molar-refractivity contribution >= 4 is 32.4 Å². The molecule has 3 aromatic rings. The third-order valence-corrected chi connectivity index (χ3v) is 4.90. The molecule has 0 saturated heterocycles. The fraction of sp³-hybridized carbons (Fsp3) is 0.0769. The zero-order valence-electron chi connectivity index (χ0n) is 10.8. The summed E-state index contributed by atoms with van der Waals surface area (Å²) in [5.41, 5.74) is 0.831. The normalized spacial score (nSPS) is 11.9. The summed E-state index contributed by atoms with van der Waals surface area (Å²) in [5, 5.41) is 15.1. The maximum absolute atomic E-state index is 12.5. The molecule has 108 valence electrons. The van der Waals surface area contributed by atoms with Gasteiger partial charge in [-0.2, -0.15) is 0 Å². The van der Waals surface area contributed by atoms with E-state index in [2.05, 4.69) is 5.10 Å². The number of hydrogen-bond donors (Lipinski definition) is 0. The Morgan fingerprint density at radius 2 is 2.10 bits per heavy atom. The van der Waals surface area contributed by atoms with Crippen LogP contribution in [-0.4, -0.2) is 13.5 Å². The maximum Gasteiger partial charge on any atom is 0.263 e. The van der Waals surface area contributed by atoms with Crippen LogP contribution in [-0.2, 0) is 9.84 Å². The molecule has 3 rings (SSSR count). The number of sulfone groups is 1. The molecule has 0 fully saturated rings. The van der Waals surface area contributed by atoms with Crippen LogP contribution in [0.5, 0.6) is 0 Å². The van der Waals surface area contributed by atoms with E-state index in [1.807, 2.05) is 0 Å². The van der Waals surface area contributed by atoms with Gasteiger partial charge in [-0.05, 0) is 31.2 Å². The molecule has 1 aromatic carbocycles. The van der Waals surface area contributed by atoms with Crippen LogP contribution in [0.1, 0.15) is 5.56 Å². The Bertz CT molecular complexity index is 950. The van der Waals surface area contributed by atoms with E-state index in [-0.39, 0.29) is 15.0 Å². The highest BCUT2D eigenvalue weighted by atomic mass is 35.5. The zero-order valence-corrected chi connectivity index (χ0v) is 12.4. The van der Waals surface area contributed by atoms with Gasteiger partial charge in [0.25, 0.3) is 9.84 Å². The van der Waals surface area contributed by atoms with Crippen molar-refractivity contribution in [2.75, 3.05) is 0 Å². The molecule has 8 heteroatoms. The van der Waals surface area contributed by atoms with Crippen molar-refractivity contribution in [3.63, 3.8) is 0 Å². The molecule has 2 aromatic heterocycles. The van der Waals surface area contributed by atoms with Crippen LogP contribution in [0.3, 0.4) is 0 Å². The van der Waals surface area contributed by atoms with Gasteiger partial charge in [-0.1, -0.05) is 16.4 Å². The van der Waals surface area contributed by atoms with E-state index in [9.17, 15) is 13.6 Å². The predicted molar refractivity (Wildman–Crippen MR) is 74.6 cm³/mol. The number of fused-ring (bicyclic) bond motifs is 1. The summed E-state index contributed by atoms with van der Waals surface area (Å²) in [6, 6.07) is 7.37. The Morgan fingerprint density at radius 1 is 1.33 bits per heavy atom. The predicted octanol–water partition coefficient (Wildman–Crippen LogP) is 2.26. The highest BCUT2D eigenvalue weighted by Crippen LogP contribution is 2.32. The first-order valence-corrected chi connectivity index (χ1v) is 7.76. The fourth-order valence-corrected chi connectivity index (χ4v) is 3.55. The number of hydrogen-bond acceptors (Lipinski definition) is 5. The Hall–Kier alpha value is -2.12. The molecule has 0 unspecified atom stereocenters. The minimum absolute atomic E-state index is 0.182. The molecule has 0 aliphatic rings. The molecule has 2 heterocycles. The lowest BCUT2D eigenvalue weighted by Gasteiger charge is -2.00. The van der Waals surface area contributed by atoms with E-state index >= 15 is 0 Å². The van der Waals surface area contributed by atoms with Gasteiger partial charge < -0.3 is 9.62 Å². The van der Waals surface area contributed by atoms with Crippen LogP contribution in [0.15, 0.2) is 51.1 Å². The van der Waals surface area contributed by atoms with Crippen LogP contribution in [0.25, 0.3) is 11.0 Å². The summed E-state index contributed by atoms with van der Waals surface area (Å²) in [4.78, 5) is 0.182. The molecule has 0 saturated carbocycles. The van der Waals surface area contributed by atoms with Gasteiger partial charge in [-0.15, -0.1) is 0 Å². The van der Waals surface area contributed by atoms with Gasteiger partial charge in [0.05, 0.1) is 0 Å². The number of nitrogens with zero attached hydrogens (tertiary/aromatic N) is 2. The van der Waals surface area contributed by atoms with Crippen molar-refractivity contribution in [3.8, 4) is 0 Å². The second kappa shape index (κ2) is 4.71. The van der Waals surface area contributed by atoms with Crippen LogP contribution >= 0.6 is 11.6 Å². The molecule has 0 N–H and O–H groups in total. The Labute approximate surface area is 125 Å². The molecule has 21 heavy (non-hydrogen) atoms. The van der Waals surface area contributed by atoms with E-state index in [0.717, 1.165) is 6.20 Å². The SMILES string of the molecule is Cc1c(S(=O)(=O)c2ccc[n+]([O-])n2)oc2ccc(Cl)cc12. The number of benzene rings is 1. The van der Waals surface area contributed by atoms with E-state index in [0.29, 0.717) is 21.6 Å². The summed E-state index contributed by atoms with van der Waals surface area (Å²) >= 11 is 5.90. The van der Waals surface area contributed by atoms with E-state index in [1.54, 1.807) is 25.1 Å². The summed E-state index contributed by atoms with van der Waals surface area (Å²) < 4.78 is 30.5. The van der Waals surface area contributed by atoms with Gasteiger partial charge >= 0.3 is 0 Å². The second-order valence-corrected chi connectivity index (χ2v) is 6.64. The molecule has 6 nitrogen and oxygen atoms in total. The van der Waals surface area contributed by atoms with Gasteiger partial charge in [0.15, 0.2) is 0 Å². The lowest BCUT2D eigenvalue weighted by atomic mass is 10.2. The van der Waals surface area contributed by atoms with Gasteiger partial charge in [0.1, 0.15) is 5.58 Å². The second-order valence-electron chi connectivity index (χ2n) is 4.41. The van der Waals surface area contributed by atoms with Gasteiger partial charge in [0.2, 0.25) is 16.3 Å². The lowest BCUT2D eigenvalue weighted by molar-refractivity contribution is -0.673. The monoisotopic (exact) mass is 324 g/mol. The Kier molecular flexibility index (Phi) is 3.11. The minimum Gasteiger partial charge on any atom is -0.594 e. The van der Waals surface area contributed by atoms with E-state index in [4.69, 9.17) is 16.0 Å². The molecule has 0 spiro atoms. The highest BCUT2D eigenvalue weighted by Gasteiger charge is 2.29. The highest BCUT2D eigenvalue weighted by molar-refractivity contribution is 7.91. The first-order valence-electron chi connectivity index (χ1n) is 5.90. The number of aryl methyl sites for hydroxylation is 1. The standard InChI is InChI=1S/C13H9ClN2O4S/c1-8-10-7-9(14)4-5-11(10)20-13(8)21(18,19)12-3-2-6-16(17)15-12/h2-7H,1H3. The van der Waals surface area contributed by atoms with Crippen molar-refractivity contribution in [1.82, 2.24) is 5.10 Å². The molecule has 0 bridgehead atoms. The first-order chi connectivity index (χ1) is 9.89. The van der Waals surface area contributed by atoms with Crippen molar-refractivity contribution in [2.24, 2.45) is 0 Å². The Morgan fingerprint density at radius 3 is 2.81 bits per heavy atom. The zero-order chi connectivity index (χ0) is 15.2. The van der Waals surface area contributed by atoms with Gasteiger partial charge in [0, 0.05) is 27.1 Å². The number of aromatic nitrogens is 2. The summed E-state index contributed by atoms with van der Waals surface area (Å²) in [6.45, 7) is 1.61. The van der Waals surface area contributed by atoms with E-state index in [1.165, 1.54) is 12.1 Å². The molecular formula is C13H9ClN2O4S. The summed E-state index contributed by atoms with van der Waals surface area (Å²) in [5.74, 6) is 0. The molecular weight excluding hydrogens is 316 g/mol. The van der Waals surface area contributed by atoms with Gasteiger partial charge in [-0.25, -0.2) is 8.42 Å². The molecule has 0 aliphatic carbocycles. The average Bonchev–Trinajstić information content (AvgIpc) is 2.77. The number of halogens is 1. The van der Waals surface area contributed by atoms with Crippen molar-refractivity contribution in [2.45, 2.75) is 17.0 Å². The maximum atomic E-state index is 12.5. The van der Waals surface area contributed by atoms with Gasteiger partial charge in [-0.3, -0.25) is 0 Å². The summed E-state index contributed by atoms with van der Waals surface area (Å²) in [6.07, 6.45) is 1.10. The van der Waals surface area contributed by atoms with Crippen LogP contribution in [0, 0.1) is 12.1 Å². The number of rotatable bonds is 2. The third-order valence-electron chi connectivity index (χ3n) is 3.02. The van der Waals surface area contributed by atoms with Crippen molar-refractivity contribution < 1.29 is 17.7 Å². The van der Waals surface area contributed by atoms with Crippen LogP contribution in [0.4, 0.5) is 0 Å². The molecule has 0 radical (unpaired) electrons. The summed E-state index contributed by atoms with van der Waals surface area (Å²) in [7, 11) is -4.01. The fourth-order valence-electron chi connectivity index (χ4n) is 2.03. The number of furan rings is 1. The van der Waals surface area contributed by atoms with Crippen LogP contribution < -0.4 is 4.85 Å². The molecule has 0 aliphatic heterocycles. The molecule has 0 amide bonds. The first kappa shape index (κ1) is 13.8. The minimum atomic E-state index is -4.01. The third kappa shape index (κ3) is 2.24. The topological polar surface area (TPSA) is 87.1 Å². The van der Waals surface area contributed by atoms with Crippen molar-refractivity contribution in [1.29, 1.82) is 0 Å². The lowest BCUT2D eigenvalue weighted by Crippen LogP contribution is -2.31. The smallest absolute Gasteiger partial charge is 0.263 e. The molecule has 0 atom stereocenters. The Balaban J connectivity index is 2.26. The van der Waals surface area contributed by atoms with Crippen molar-refractivity contribution in [3.05, 3.63) is 52.3 Å². The average molecular weight is 325 g/mol. The van der Waals surface area contributed by atoms with Crippen LogP contribution in [0.2, 0.25) is 5.02 Å². The largest absolute Gasteiger partial charge is 0.594 e. The quantitative estimate of drug-likeness (QED) is 0.533.